The van der Waals surface area contributed by atoms with Crippen molar-refractivity contribution in [1.29, 1.82) is 0 Å². The van der Waals surface area contributed by atoms with Gasteiger partial charge in [-0.2, -0.15) is 22.1 Å². The first-order valence-electron chi connectivity index (χ1n) is 9.73. The van der Waals surface area contributed by atoms with Gasteiger partial charge in [0.05, 0.1) is 11.7 Å². The zero-order chi connectivity index (χ0) is 20.1. The third-order valence-corrected chi connectivity index (χ3v) is 8.16. The lowest BCUT2D eigenvalue weighted by Gasteiger charge is -2.31. The van der Waals surface area contributed by atoms with Crippen LogP contribution in [0.3, 0.4) is 0 Å². The first-order valence-corrected chi connectivity index (χ1v) is 11.1. The van der Waals surface area contributed by atoms with Crippen LogP contribution in [0.4, 0.5) is 0 Å². The minimum Gasteiger partial charge on any atom is -0.297 e. The Morgan fingerprint density at radius 3 is 2.54 bits per heavy atom. The van der Waals surface area contributed by atoms with Crippen LogP contribution in [0.25, 0.3) is 0 Å². The lowest BCUT2D eigenvalue weighted by atomic mass is 9.88. The van der Waals surface area contributed by atoms with Crippen molar-refractivity contribution in [3.05, 3.63) is 53.3 Å². The van der Waals surface area contributed by atoms with E-state index < -0.39 is 10.2 Å². The predicted molar refractivity (Wildman–Crippen MR) is 109 cm³/mol. The van der Waals surface area contributed by atoms with Crippen LogP contribution in [-0.2, 0) is 23.8 Å². The highest BCUT2D eigenvalue weighted by molar-refractivity contribution is 7.86. The summed E-state index contributed by atoms with van der Waals surface area (Å²) in [6.45, 7) is 5.31. The van der Waals surface area contributed by atoms with Gasteiger partial charge < -0.3 is 0 Å². The molecule has 7 nitrogen and oxygen atoms in total. The Labute approximate surface area is 167 Å². The Morgan fingerprint density at radius 2 is 1.89 bits per heavy atom. The van der Waals surface area contributed by atoms with Gasteiger partial charge in [-0.25, -0.2) is 0 Å². The maximum absolute atomic E-state index is 13.1. The van der Waals surface area contributed by atoms with E-state index in [1.54, 1.807) is 18.4 Å². The fourth-order valence-electron chi connectivity index (χ4n) is 4.76. The van der Waals surface area contributed by atoms with Gasteiger partial charge in [0.15, 0.2) is 0 Å². The van der Waals surface area contributed by atoms with Crippen molar-refractivity contribution >= 4 is 10.2 Å². The van der Waals surface area contributed by atoms with E-state index in [-0.39, 0.29) is 6.04 Å². The van der Waals surface area contributed by atoms with Crippen molar-refractivity contribution in [3.8, 4) is 0 Å². The van der Waals surface area contributed by atoms with E-state index in [2.05, 4.69) is 35.1 Å². The van der Waals surface area contributed by atoms with Crippen LogP contribution in [0.2, 0.25) is 0 Å². The summed E-state index contributed by atoms with van der Waals surface area (Å²) in [4.78, 5) is 2.44. The van der Waals surface area contributed by atoms with E-state index in [4.69, 9.17) is 0 Å². The molecule has 2 aliphatic heterocycles. The summed E-state index contributed by atoms with van der Waals surface area (Å²) in [5.41, 5.74) is 3.46. The molecule has 0 spiro atoms. The molecular weight excluding hydrogens is 374 g/mol. The van der Waals surface area contributed by atoms with Crippen LogP contribution in [0.1, 0.15) is 22.9 Å². The molecule has 0 unspecified atom stereocenters. The second-order valence-corrected chi connectivity index (χ2v) is 10.3. The Hall–Kier alpha value is -1.74. The molecule has 0 aliphatic carbocycles. The highest BCUT2D eigenvalue weighted by Crippen LogP contribution is 2.47. The zero-order valence-electron chi connectivity index (χ0n) is 17.0. The SMILES string of the molecule is Cc1ccccc1[C@@H]1[C@H]2CN(Cc3ccnn3C)C[C@H]2CN1S(=O)(=O)N(C)C. The van der Waals surface area contributed by atoms with Crippen LogP contribution >= 0.6 is 0 Å². The lowest BCUT2D eigenvalue weighted by Crippen LogP contribution is -2.42. The molecule has 1 aromatic heterocycles. The van der Waals surface area contributed by atoms with Gasteiger partial charge in [-0.15, -0.1) is 0 Å². The second-order valence-electron chi connectivity index (χ2n) is 8.23. The van der Waals surface area contributed by atoms with Gasteiger partial charge in [0.2, 0.25) is 0 Å². The maximum atomic E-state index is 13.1. The summed E-state index contributed by atoms with van der Waals surface area (Å²) >= 11 is 0. The minimum atomic E-state index is -3.47. The molecule has 2 fully saturated rings. The van der Waals surface area contributed by atoms with Gasteiger partial charge in [0.25, 0.3) is 10.2 Å². The normalized spacial score (nSPS) is 26.2. The topological polar surface area (TPSA) is 61.7 Å². The van der Waals surface area contributed by atoms with Crippen molar-refractivity contribution in [2.24, 2.45) is 18.9 Å². The van der Waals surface area contributed by atoms with E-state index in [0.717, 1.165) is 30.8 Å². The van der Waals surface area contributed by atoms with Crippen molar-refractivity contribution in [2.45, 2.75) is 19.5 Å². The number of hydrogen-bond acceptors (Lipinski definition) is 4. The summed E-state index contributed by atoms with van der Waals surface area (Å²) in [7, 11) is 1.73. The largest absolute Gasteiger partial charge is 0.297 e. The Bertz CT molecular complexity index is 955. The fourth-order valence-corrected chi connectivity index (χ4v) is 6.12. The number of fused-ring (bicyclic) bond motifs is 1. The highest BCUT2D eigenvalue weighted by atomic mass is 32.2. The third kappa shape index (κ3) is 3.28. The summed E-state index contributed by atoms with van der Waals surface area (Å²) in [5.74, 6) is 0.636. The van der Waals surface area contributed by atoms with Gasteiger partial charge in [-0.1, -0.05) is 24.3 Å². The molecule has 28 heavy (non-hydrogen) atoms. The molecule has 2 aliphatic rings. The summed E-state index contributed by atoms with van der Waals surface area (Å²) in [6, 6.07) is 10.1. The van der Waals surface area contributed by atoms with Crippen molar-refractivity contribution in [3.63, 3.8) is 0 Å². The minimum absolute atomic E-state index is 0.116. The maximum Gasteiger partial charge on any atom is 0.282 e. The van der Waals surface area contributed by atoms with Crippen LogP contribution in [-0.4, -0.2) is 65.4 Å². The molecule has 2 aromatic rings. The monoisotopic (exact) mass is 403 g/mol. The van der Waals surface area contributed by atoms with Gasteiger partial charge in [0.1, 0.15) is 0 Å². The number of hydrogen-bond donors (Lipinski definition) is 0. The molecular formula is C20H29N5O2S. The number of benzene rings is 1. The molecule has 1 aromatic carbocycles. The van der Waals surface area contributed by atoms with Gasteiger partial charge in [0, 0.05) is 53.5 Å². The summed E-state index contributed by atoms with van der Waals surface area (Å²) in [6.07, 6.45) is 1.83. The first-order chi connectivity index (χ1) is 13.3. The number of nitrogens with zero attached hydrogens (tertiary/aromatic N) is 5. The molecule has 4 rings (SSSR count). The smallest absolute Gasteiger partial charge is 0.282 e. The number of rotatable bonds is 5. The average Bonchev–Trinajstić information content (AvgIpc) is 3.31. The standard InChI is InChI=1S/C20H29N5O2S/c1-15-7-5-6-8-18(15)20-19-14-24(13-17-9-10-21-23(17)4)11-16(19)12-25(20)28(26,27)22(2)3/h5-10,16,19-20H,11-14H2,1-4H3/t16-,19-,20+/m0/s1. The van der Waals surface area contributed by atoms with Crippen LogP contribution in [0, 0.1) is 18.8 Å². The van der Waals surface area contributed by atoms with Gasteiger partial charge >= 0.3 is 0 Å². The molecule has 0 N–H and O–H groups in total. The first kappa shape index (κ1) is 19.6. The van der Waals surface area contributed by atoms with Crippen molar-refractivity contribution < 1.29 is 8.42 Å². The lowest BCUT2D eigenvalue weighted by molar-refractivity contribution is 0.250. The van der Waals surface area contributed by atoms with Crippen molar-refractivity contribution in [1.82, 2.24) is 23.3 Å². The summed E-state index contributed by atoms with van der Waals surface area (Å²) in [5, 5.41) is 4.27. The fraction of sp³-hybridized carbons (Fsp3) is 0.550. The number of aromatic nitrogens is 2. The highest BCUT2D eigenvalue weighted by Gasteiger charge is 2.52. The molecule has 0 amide bonds. The number of aryl methyl sites for hydroxylation is 2. The number of likely N-dealkylation sites (tertiary alicyclic amines) is 1. The van der Waals surface area contributed by atoms with E-state index in [0.29, 0.717) is 18.4 Å². The Morgan fingerprint density at radius 1 is 1.14 bits per heavy atom. The van der Waals surface area contributed by atoms with E-state index in [9.17, 15) is 8.42 Å². The van der Waals surface area contributed by atoms with Crippen LogP contribution in [0.5, 0.6) is 0 Å². The molecule has 3 heterocycles. The zero-order valence-corrected chi connectivity index (χ0v) is 17.8. The molecule has 0 bridgehead atoms. The van der Waals surface area contributed by atoms with Crippen LogP contribution in [0.15, 0.2) is 36.5 Å². The molecule has 0 saturated carbocycles. The van der Waals surface area contributed by atoms with E-state index in [1.807, 2.05) is 30.1 Å². The average molecular weight is 404 g/mol. The quantitative estimate of drug-likeness (QED) is 0.762. The molecule has 2 saturated heterocycles. The molecule has 0 radical (unpaired) electrons. The molecule has 152 valence electrons. The third-order valence-electron chi connectivity index (χ3n) is 6.27. The van der Waals surface area contributed by atoms with Gasteiger partial charge in [-0.05, 0) is 36.0 Å². The molecule has 8 heteroatoms. The summed E-state index contributed by atoms with van der Waals surface area (Å²) < 4.78 is 31.1. The van der Waals surface area contributed by atoms with Crippen molar-refractivity contribution in [2.75, 3.05) is 33.7 Å². The predicted octanol–water partition coefficient (Wildman–Crippen LogP) is 1.64. The van der Waals surface area contributed by atoms with Crippen LogP contribution < -0.4 is 0 Å². The van der Waals surface area contributed by atoms with E-state index in [1.165, 1.54) is 10.00 Å². The second kappa shape index (κ2) is 7.26. The van der Waals surface area contributed by atoms with Gasteiger partial charge in [-0.3, -0.25) is 9.58 Å². The Kier molecular flexibility index (Phi) is 5.07. The van der Waals surface area contributed by atoms with E-state index >= 15 is 0 Å². The molecule has 3 atom stereocenters. The Balaban J connectivity index is 1.65.